The molecule has 2 unspecified atom stereocenters. The summed E-state index contributed by atoms with van der Waals surface area (Å²) in [6, 6.07) is 2.80. The number of carbonyl (C=O) groups excluding carboxylic acids is 1. The molecule has 0 spiro atoms. The second-order valence-electron chi connectivity index (χ2n) is 10.5. The molecule has 36 heavy (non-hydrogen) atoms. The zero-order valence-electron chi connectivity index (χ0n) is 21.8. The quantitative estimate of drug-likeness (QED) is 0.214. The lowest BCUT2D eigenvalue weighted by Gasteiger charge is -2.49. The van der Waals surface area contributed by atoms with Crippen LogP contribution >= 0.6 is 0 Å². The van der Waals surface area contributed by atoms with Crippen molar-refractivity contribution in [3.05, 3.63) is 41.2 Å². The third kappa shape index (κ3) is 7.06. The van der Waals surface area contributed by atoms with Crippen molar-refractivity contribution in [3.8, 4) is 12.3 Å². The van der Waals surface area contributed by atoms with Crippen molar-refractivity contribution in [3.63, 3.8) is 0 Å². The summed E-state index contributed by atoms with van der Waals surface area (Å²) >= 11 is 0. The third-order valence-electron chi connectivity index (χ3n) is 7.37. The smallest absolute Gasteiger partial charge is 0.282 e. The molecule has 2 aliphatic rings. The van der Waals surface area contributed by atoms with E-state index in [4.69, 9.17) is 12.2 Å². The van der Waals surface area contributed by atoms with Crippen molar-refractivity contribution in [2.45, 2.75) is 90.7 Å². The Morgan fingerprint density at radius 2 is 1.94 bits per heavy atom. The summed E-state index contributed by atoms with van der Waals surface area (Å²) in [4.78, 5) is 16.4. The minimum atomic E-state index is -3.37. The Morgan fingerprint density at radius 1 is 1.31 bits per heavy atom. The number of ketones is 1. The number of alkyl halides is 3. The van der Waals surface area contributed by atoms with Gasteiger partial charge in [0.2, 0.25) is 0 Å². The lowest BCUT2D eigenvalue weighted by atomic mass is 9.64. The molecule has 0 bridgehead atoms. The molecular weight excluding hydrogens is 468 g/mol. The average molecular weight is 509 g/mol. The molecule has 0 aliphatic heterocycles. The van der Waals surface area contributed by atoms with Crippen LogP contribution in [0.15, 0.2) is 29.3 Å². The van der Waals surface area contributed by atoms with E-state index in [0.29, 0.717) is 29.8 Å². The van der Waals surface area contributed by atoms with E-state index in [0.717, 1.165) is 5.41 Å². The van der Waals surface area contributed by atoms with Gasteiger partial charge in [0.15, 0.2) is 5.67 Å². The predicted molar refractivity (Wildman–Crippen MR) is 140 cm³/mol. The predicted octanol–water partition coefficient (Wildman–Crippen LogP) is 7.46. The van der Waals surface area contributed by atoms with Gasteiger partial charge in [-0.1, -0.05) is 39.2 Å². The highest BCUT2D eigenvalue weighted by atomic mass is 19.3. The number of carbonyl (C=O) groups is 1. The maximum atomic E-state index is 14.3. The van der Waals surface area contributed by atoms with Crippen molar-refractivity contribution < 1.29 is 23.8 Å². The number of nitrogens with two attached hydrogens (primary N) is 1. The Hall–Kier alpha value is -2.46. The number of halogens is 4. The fourth-order valence-electron chi connectivity index (χ4n) is 4.66. The van der Waals surface area contributed by atoms with Crippen LogP contribution in [0.3, 0.4) is 0 Å². The molecule has 0 amide bonds. The number of hydrogen-bond acceptors (Lipinski definition) is 3. The number of rotatable bonds is 9. The van der Waals surface area contributed by atoms with E-state index in [1.165, 1.54) is 50.5 Å². The van der Waals surface area contributed by atoms with Crippen molar-refractivity contribution in [2.75, 3.05) is 6.54 Å². The van der Waals surface area contributed by atoms with Crippen LogP contribution in [0.4, 0.5) is 23.2 Å². The summed E-state index contributed by atoms with van der Waals surface area (Å²) in [6.07, 6.45) is 11.9. The summed E-state index contributed by atoms with van der Waals surface area (Å²) in [5.41, 5.74) is 5.44. The van der Waals surface area contributed by atoms with Gasteiger partial charge >= 0.3 is 0 Å². The van der Waals surface area contributed by atoms with Crippen molar-refractivity contribution >= 4 is 17.2 Å². The Labute approximate surface area is 214 Å². The first kappa shape index (κ1) is 29.8. The fraction of sp³-hybridized carbons (Fsp3) is 0.586. The molecule has 2 atom stereocenters. The van der Waals surface area contributed by atoms with Crippen molar-refractivity contribution in [1.82, 2.24) is 0 Å². The number of hydrogen-bond donors (Lipinski definition) is 1. The molecule has 0 radical (unpaired) electrons. The van der Waals surface area contributed by atoms with Crippen LogP contribution < -0.4 is 5.73 Å². The SMILES string of the molecule is C#CC(/C=C/CC(=O)CC1CC(F)(F)C1(F)CC)=Nc1ccc(F)c(CCN)c1C.CC1(C)CCC1.[HH]. The number of allylic oxidation sites excluding steroid dienone is 2. The third-order valence-corrected chi connectivity index (χ3v) is 7.37. The van der Waals surface area contributed by atoms with Gasteiger partial charge in [0.25, 0.3) is 5.92 Å². The molecule has 1 aromatic rings. The average Bonchev–Trinajstić information content (AvgIpc) is 2.81. The molecule has 0 aromatic heterocycles. The number of aliphatic imine (C=N–C) groups is 1. The molecule has 0 heterocycles. The minimum absolute atomic E-state index is 0. The van der Waals surface area contributed by atoms with Gasteiger partial charge in [0.1, 0.15) is 17.3 Å². The first-order valence-corrected chi connectivity index (χ1v) is 12.6. The highest BCUT2D eigenvalue weighted by Crippen LogP contribution is 2.57. The molecule has 2 N–H and O–H groups in total. The lowest BCUT2D eigenvalue weighted by Crippen LogP contribution is -2.61. The fourth-order valence-corrected chi connectivity index (χ4v) is 4.66. The molecular formula is C29H40F4N2O. The molecule has 2 fully saturated rings. The van der Waals surface area contributed by atoms with Crippen LogP contribution in [0.1, 0.15) is 78.3 Å². The van der Waals surface area contributed by atoms with Gasteiger partial charge in [0.05, 0.1) is 5.69 Å². The summed E-state index contributed by atoms with van der Waals surface area (Å²) in [7, 11) is 0. The molecule has 2 saturated carbocycles. The first-order chi connectivity index (χ1) is 16.8. The first-order valence-electron chi connectivity index (χ1n) is 12.6. The molecule has 7 heteroatoms. The maximum absolute atomic E-state index is 14.3. The zero-order chi connectivity index (χ0) is 27.1. The largest absolute Gasteiger partial charge is 0.330 e. The summed E-state index contributed by atoms with van der Waals surface area (Å²) < 4.78 is 55.2. The van der Waals surface area contributed by atoms with Crippen LogP contribution in [0.25, 0.3) is 0 Å². The Balaban J connectivity index is 0.000000855. The minimum Gasteiger partial charge on any atom is -0.330 e. The maximum Gasteiger partial charge on any atom is 0.282 e. The second kappa shape index (κ2) is 12.2. The van der Waals surface area contributed by atoms with Crippen molar-refractivity contribution in [2.24, 2.45) is 22.1 Å². The monoisotopic (exact) mass is 508 g/mol. The number of benzene rings is 1. The van der Waals surface area contributed by atoms with Crippen LogP contribution in [0.5, 0.6) is 0 Å². The van der Waals surface area contributed by atoms with Crippen LogP contribution in [0, 0.1) is 36.4 Å². The van der Waals surface area contributed by atoms with Crippen LogP contribution in [-0.2, 0) is 11.2 Å². The van der Waals surface area contributed by atoms with E-state index in [-0.39, 0.29) is 38.0 Å². The summed E-state index contributed by atoms with van der Waals surface area (Å²) in [5.74, 6) is -2.66. The van der Waals surface area contributed by atoms with E-state index >= 15 is 0 Å². The van der Waals surface area contributed by atoms with E-state index < -0.39 is 23.9 Å². The van der Waals surface area contributed by atoms with Gasteiger partial charge < -0.3 is 5.73 Å². The molecule has 3 nitrogen and oxygen atoms in total. The standard InChI is InChI=1S/C23H26F4N2O.C6H12.H2/c1-4-17(29-21-10-9-20(24)19(11-12-28)15(21)3)7-6-8-18(30)13-16-14-23(26,27)22(16,25)5-2;1-6(2)4-3-5-6;/h1,6-7,9-10,16H,5,8,11-14,28H2,2-3H3;3-5H2,1-2H3;1H/b7-6+,29-17?;;. The second-order valence-corrected chi connectivity index (χ2v) is 10.5. The van der Waals surface area contributed by atoms with Crippen LogP contribution in [-0.4, -0.2) is 29.6 Å². The van der Waals surface area contributed by atoms with E-state index in [9.17, 15) is 22.4 Å². The molecule has 3 rings (SSSR count). The van der Waals surface area contributed by atoms with Gasteiger partial charge in [-0.15, -0.1) is 6.42 Å². The van der Waals surface area contributed by atoms with E-state index in [1.807, 2.05) is 0 Å². The van der Waals surface area contributed by atoms with E-state index in [2.05, 4.69) is 24.8 Å². The summed E-state index contributed by atoms with van der Waals surface area (Å²) in [5, 5.41) is 0. The lowest BCUT2D eigenvalue weighted by molar-refractivity contribution is -0.252. The number of nitrogens with zero attached hydrogens (tertiary/aromatic N) is 1. The number of terminal acetylenes is 1. The Morgan fingerprint density at radius 3 is 2.42 bits per heavy atom. The van der Waals surface area contributed by atoms with Gasteiger partial charge in [-0.3, -0.25) is 4.79 Å². The van der Waals surface area contributed by atoms with Gasteiger partial charge in [-0.25, -0.2) is 22.6 Å². The molecule has 2 aliphatic carbocycles. The van der Waals surface area contributed by atoms with Gasteiger partial charge in [-0.2, -0.15) is 0 Å². The normalized spacial score (nSPS) is 24.2. The van der Waals surface area contributed by atoms with E-state index in [1.54, 1.807) is 6.92 Å². The highest BCUT2D eigenvalue weighted by molar-refractivity contribution is 6.09. The summed E-state index contributed by atoms with van der Waals surface area (Å²) in [6.45, 7) is 8.03. The zero-order valence-corrected chi connectivity index (χ0v) is 21.8. The Kier molecular flexibility index (Phi) is 10.1. The number of Topliss-reactive ketones (excluding diaryl/α,β-unsaturated/α-hetero) is 1. The highest BCUT2D eigenvalue weighted by Gasteiger charge is 2.68. The molecule has 200 valence electrons. The van der Waals surface area contributed by atoms with Crippen LogP contribution in [0.2, 0.25) is 0 Å². The Bertz CT molecular complexity index is 1040. The molecule has 0 saturated heterocycles. The topological polar surface area (TPSA) is 55.5 Å². The molecule has 1 aromatic carbocycles. The van der Waals surface area contributed by atoms with Gasteiger partial charge in [-0.05, 0) is 73.9 Å². The van der Waals surface area contributed by atoms with Crippen molar-refractivity contribution in [1.29, 1.82) is 0 Å². The van der Waals surface area contributed by atoms with Gasteiger partial charge in [0, 0.05) is 26.6 Å².